The Bertz CT molecular complexity index is 997. The Labute approximate surface area is 162 Å². The predicted molar refractivity (Wildman–Crippen MR) is 101 cm³/mol. The molecule has 1 aromatic heterocycles. The van der Waals surface area contributed by atoms with Crippen LogP contribution in [0.2, 0.25) is 5.02 Å². The number of anilines is 1. The molecule has 0 aliphatic carbocycles. The lowest BCUT2D eigenvalue weighted by Gasteiger charge is -2.12. The second-order valence-electron chi connectivity index (χ2n) is 5.53. The van der Waals surface area contributed by atoms with Crippen LogP contribution < -0.4 is 11.2 Å². The molecule has 27 heavy (non-hydrogen) atoms. The standard InChI is InChI=1S/C17H14ClF2N5OS/c1-9(16(26)22-14-7-6-10(19)8-13(14)20)27-17-24-23-15(25(17)21)11-4-2-3-5-12(11)18/h2-9H,21H2,1H3,(H,22,26)/t9-/m0/s1. The van der Waals surface area contributed by atoms with Crippen LogP contribution in [0.3, 0.4) is 0 Å². The molecule has 3 rings (SSSR count). The Morgan fingerprint density at radius 2 is 2.00 bits per heavy atom. The third-order valence-corrected chi connectivity index (χ3v) is 5.01. The highest BCUT2D eigenvalue weighted by atomic mass is 35.5. The lowest BCUT2D eigenvalue weighted by Crippen LogP contribution is -2.24. The summed E-state index contributed by atoms with van der Waals surface area (Å²) in [5.41, 5.74) is 0.492. The van der Waals surface area contributed by atoms with Gasteiger partial charge in [-0.3, -0.25) is 4.79 Å². The molecule has 1 atom stereocenters. The molecule has 0 bridgehead atoms. The van der Waals surface area contributed by atoms with Crippen molar-refractivity contribution >= 4 is 35.0 Å². The summed E-state index contributed by atoms with van der Waals surface area (Å²) < 4.78 is 27.9. The summed E-state index contributed by atoms with van der Waals surface area (Å²) in [5.74, 6) is 4.30. The average Bonchev–Trinajstić information content (AvgIpc) is 2.98. The van der Waals surface area contributed by atoms with E-state index in [1.165, 1.54) is 4.68 Å². The van der Waals surface area contributed by atoms with Crippen LogP contribution in [0, 0.1) is 11.6 Å². The van der Waals surface area contributed by atoms with Crippen LogP contribution in [0.5, 0.6) is 0 Å². The molecule has 0 saturated carbocycles. The molecule has 3 aromatic rings. The zero-order chi connectivity index (χ0) is 19.6. The third-order valence-electron chi connectivity index (χ3n) is 3.62. The topological polar surface area (TPSA) is 85.8 Å². The minimum absolute atomic E-state index is 0.111. The van der Waals surface area contributed by atoms with Crippen LogP contribution in [-0.4, -0.2) is 26.0 Å². The summed E-state index contributed by atoms with van der Waals surface area (Å²) in [4.78, 5) is 12.3. The second-order valence-corrected chi connectivity index (χ2v) is 7.24. The van der Waals surface area contributed by atoms with Gasteiger partial charge in [0.25, 0.3) is 0 Å². The first kappa shape index (κ1) is 19.1. The molecule has 0 unspecified atom stereocenters. The number of nitrogens with zero attached hydrogens (tertiary/aromatic N) is 3. The maximum atomic E-state index is 13.7. The van der Waals surface area contributed by atoms with Gasteiger partial charge in [0.15, 0.2) is 5.82 Å². The molecular weight excluding hydrogens is 396 g/mol. The van der Waals surface area contributed by atoms with Gasteiger partial charge in [0.05, 0.1) is 16.0 Å². The van der Waals surface area contributed by atoms with Gasteiger partial charge in [-0.2, -0.15) is 0 Å². The lowest BCUT2D eigenvalue weighted by molar-refractivity contribution is -0.115. The molecule has 0 aliphatic heterocycles. The number of amides is 1. The van der Waals surface area contributed by atoms with Crippen molar-refractivity contribution in [3.05, 3.63) is 59.1 Å². The van der Waals surface area contributed by atoms with E-state index in [2.05, 4.69) is 15.5 Å². The van der Waals surface area contributed by atoms with Crippen molar-refractivity contribution in [1.82, 2.24) is 14.9 Å². The van der Waals surface area contributed by atoms with Crippen molar-refractivity contribution in [3.63, 3.8) is 0 Å². The molecule has 3 N–H and O–H groups in total. The van der Waals surface area contributed by atoms with Crippen LogP contribution in [0.25, 0.3) is 11.4 Å². The fourth-order valence-corrected chi connectivity index (χ4v) is 3.21. The fraction of sp³-hybridized carbons (Fsp3) is 0.118. The first-order valence-corrected chi connectivity index (χ1v) is 9.00. The van der Waals surface area contributed by atoms with E-state index in [1.807, 2.05) is 0 Å². The van der Waals surface area contributed by atoms with Crippen molar-refractivity contribution in [2.45, 2.75) is 17.3 Å². The van der Waals surface area contributed by atoms with Gasteiger partial charge in [-0.25, -0.2) is 13.5 Å². The molecule has 1 heterocycles. The molecule has 140 valence electrons. The summed E-state index contributed by atoms with van der Waals surface area (Å²) in [6.07, 6.45) is 0. The van der Waals surface area contributed by atoms with Crippen molar-refractivity contribution in [2.24, 2.45) is 0 Å². The van der Waals surface area contributed by atoms with Crippen LogP contribution in [-0.2, 0) is 4.79 Å². The molecule has 0 fully saturated rings. The van der Waals surface area contributed by atoms with E-state index in [1.54, 1.807) is 31.2 Å². The molecule has 0 radical (unpaired) electrons. The minimum atomic E-state index is -0.858. The number of nitrogens with one attached hydrogen (secondary N) is 1. The first-order valence-electron chi connectivity index (χ1n) is 7.74. The number of hydrogen-bond donors (Lipinski definition) is 2. The number of nitrogen functional groups attached to an aromatic ring is 1. The Morgan fingerprint density at radius 3 is 2.70 bits per heavy atom. The number of carbonyl (C=O) groups excluding carboxylic acids is 1. The number of aromatic nitrogens is 3. The quantitative estimate of drug-likeness (QED) is 0.495. The normalized spacial score (nSPS) is 12.0. The average molecular weight is 410 g/mol. The third kappa shape index (κ3) is 4.20. The number of thioether (sulfide) groups is 1. The van der Waals surface area contributed by atoms with E-state index in [0.29, 0.717) is 22.5 Å². The lowest BCUT2D eigenvalue weighted by atomic mass is 10.2. The number of benzene rings is 2. The Hall–Kier alpha value is -2.65. The summed E-state index contributed by atoms with van der Waals surface area (Å²) in [5, 5.41) is 10.5. The summed E-state index contributed by atoms with van der Waals surface area (Å²) in [6, 6.07) is 9.92. The number of halogens is 3. The van der Waals surface area contributed by atoms with Gasteiger partial charge in [-0.15, -0.1) is 10.2 Å². The van der Waals surface area contributed by atoms with Crippen LogP contribution in [0.4, 0.5) is 14.5 Å². The van der Waals surface area contributed by atoms with Crippen LogP contribution >= 0.6 is 23.4 Å². The smallest absolute Gasteiger partial charge is 0.237 e. The molecule has 2 aromatic carbocycles. The summed E-state index contributed by atoms with van der Waals surface area (Å²) in [7, 11) is 0. The van der Waals surface area contributed by atoms with Gasteiger partial charge in [0.2, 0.25) is 11.1 Å². The molecule has 10 heteroatoms. The van der Waals surface area contributed by atoms with E-state index >= 15 is 0 Å². The van der Waals surface area contributed by atoms with Gasteiger partial charge in [-0.1, -0.05) is 35.5 Å². The van der Waals surface area contributed by atoms with Crippen molar-refractivity contribution in [2.75, 3.05) is 11.2 Å². The van der Waals surface area contributed by atoms with Gasteiger partial charge < -0.3 is 11.2 Å². The van der Waals surface area contributed by atoms with Crippen LogP contribution in [0.1, 0.15) is 6.92 Å². The van der Waals surface area contributed by atoms with E-state index in [4.69, 9.17) is 17.4 Å². The van der Waals surface area contributed by atoms with E-state index in [-0.39, 0.29) is 10.8 Å². The van der Waals surface area contributed by atoms with E-state index < -0.39 is 22.8 Å². The van der Waals surface area contributed by atoms with Gasteiger partial charge in [-0.05, 0) is 31.2 Å². The van der Waals surface area contributed by atoms with E-state index in [9.17, 15) is 13.6 Å². The number of nitrogens with two attached hydrogens (primary N) is 1. The Kier molecular flexibility index (Phi) is 5.62. The summed E-state index contributed by atoms with van der Waals surface area (Å²) >= 11 is 7.18. The molecule has 0 saturated heterocycles. The maximum Gasteiger partial charge on any atom is 0.237 e. The predicted octanol–water partition coefficient (Wildman–Crippen LogP) is 3.71. The Balaban J connectivity index is 1.73. The molecular formula is C17H14ClF2N5OS. The molecule has 6 nitrogen and oxygen atoms in total. The van der Waals surface area contributed by atoms with E-state index in [0.717, 1.165) is 23.9 Å². The summed E-state index contributed by atoms with van der Waals surface area (Å²) in [6.45, 7) is 1.60. The number of rotatable bonds is 5. The SMILES string of the molecule is C[C@H](Sc1nnc(-c2ccccc2Cl)n1N)C(=O)Nc1ccc(F)cc1F. The van der Waals surface area contributed by atoms with Gasteiger partial charge in [0, 0.05) is 11.6 Å². The van der Waals surface area contributed by atoms with Gasteiger partial charge >= 0.3 is 0 Å². The molecule has 0 spiro atoms. The highest BCUT2D eigenvalue weighted by Crippen LogP contribution is 2.29. The monoisotopic (exact) mass is 409 g/mol. The minimum Gasteiger partial charge on any atom is -0.335 e. The van der Waals surface area contributed by atoms with Crippen molar-refractivity contribution in [1.29, 1.82) is 0 Å². The maximum absolute atomic E-state index is 13.7. The Morgan fingerprint density at radius 1 is 1.26 bits per heavy atom. The zero-order valence-corrected chi connectivity index (χ0v) is 15.6. The number of hydrogen-bond acceptors (Lipinski definition) is 5. The first-order chi connectivity index (χ1) is 12.9. The largest absolute Gasteiger partial charge is 0.335 e. The van der Waals surface area contributed by atoms with Crippen molar-refractivity contribution in [3.8, 4) is 11.4 Å². The fourth-order valence-electron chi connectivity index (χ4n) is 2.22. The van der Waals surface area contributed by atoms with Crippen molar-refractivity contribution < 1.29 is 13.6 Å². The highest BCUT2D eigenvalue weighted by Gasteiger charge is 2.21. The number of carbonyl (C=O) groups is 1. The van der Waals surface area contributed by atoms with Gasteiger partial charge in [0.1, 0.15) is 11.6 Å². The van der Waals surface area contributed by atoms with Crippen LogP contribution in [0.15, 0.2) is 47.6 Å². The second kappa shape index (κ2) is 7.93. The molecule has 0 aliphatic rings. The zero-order valence-electron chi connectivity index (χ0n) is 14.0. The highest BCUT2D eigenvalue weighted by molar-refractivity contribution is 8.00. The molecule has 1 amide bonds.